The summed E-state index contributed by atoms with van der Waals surface area (Å²) in [6.45, 7) is 9.20. The summed E-state index contributed by atoms with van der Waals surface area (Å²) in [6.07, 6.45) is 4.74. The molecule has 3 aromatic heterocycles. The summed E-state index contributed by atoms with van der Waals surface area (Å²) in [5, 5.41) is 5.61. The Hall–Kier alpha value is -2.78. The quantitative estimate of drug-likeness (QED) is 0.363. The Kier molecular flexibility index (Phi) is 5.45. The van der Waals surface area contributed by atoms with Crippen molar-refractivity contribution >= 4 is 45.3 Å². The molecule has 0 aliphatic carbocycles. The Labute approximate surface area is 185 Å². The Balaban J connectivity index is 1.52. The molecule has 162 valence electrons. The molecule has 5 rings (SSSR count). The molecule has 0 spiro atoms. The number of nitrogen functional groups attached to an aromatic ring is 1. The third-order valence-corrected chi connectivity index (χ3v) is 6.66. The van der Waals surface area contributed by atoms with E-state index in [9.17, 15) is 0 Å². The number of aromatic nitrogens is 5. The monoisotopic (exact) mass is 436 g/mol. The number of H-pyrrole nitrogens is 1. The molecule has 31 heavy (non-hydrogen) atoms. The second-order valence-electron chi connectivity index (χ2n) is 8.40. The molecule has 4 N–H and O–H groups in total. The van der Waals surface area contributed by atoms with Crippen molar-refractivity contribution in [2.75, 3.05) is 36.8 Å². The van der Waals surface area contributed by atoms with Crippen molar-refractivity contribution < 1.29 is 0 Å². The van der Waals surface area contributed by atoms with Crippen molar-refractivity contribution in [1.82, 2.24) is 29.8 Å². The fourth-order valence-corrected chi connectivity index (χ4v) is 4.95. The average molecular weight is 437 g/mol. The van der Waals surface area contributed by atoms with Gasteiger partial charge in [0.05, 0.1) is 5.69 Å². The minimum atomic E-state index is 0.421. The first-order chi connectivity index (χ1) is 15.1. The maximum Gasteiger partial charge on any atom is 0.175 e. The van der Waals surface area contributed by atoms with E-state index in [1.165, 1.54) is 28.7 Å². The van der Waals surface area contributed by atoms with E-state index in [1.807, 2.05) is 6.20 Å². The van der Waals surface area contributed by atoms with Gasteiger partial charge in [0.2, 0.25) is 0 Å². The van der Waals surface area contributed by atoms with Gasteiger partial charge in [-0.05, 0) is 48.8 Å². The molecule has 0 bridgehead atoms. The van der Waals surface area contributed by atoms with Crippen LogP contribution in [0.1, 0.15) is 20.3 Å². The molecular formula is C22H28N8S. The Morgan fingerprint density at radius 3 is 2.90 bits per heavy atom. The van der Waals surface area contributed by atoms with Crippen LogP contribution in [-0.4, -0.2) is 50.7 Å². The molecule has 4 aromatic rings. The molecule has 9 heteroatoms. The molecule has 0 atom stereocenters. The van der Waals surface area contributed by atoms with Crippen molar-refractivity contribution in [3.63, 3.8) is 0 Å². The number of nitrogens with zero attached hydrogens (tertiary/aromatic N) is 5. The van der Waals surface area contributed by atoms with Gasteiger partial charge in [0.1, 0.15) is 6.33 Å². The van der Waals surface area contributed by atoms with Crippen LogP contribution in [0, 0.1) is 5.92 Å². The third kappa shape index (κ3) is 3.95. The van der Waals surface area contributed by atoms with Crippen molar-refractivity contribution in [3.8, 4) is 0 Å². The highest BCUT2D eigenvalue weighted by molar-refractivity contribution is 7.99. The SMILES string of the molecule is CC(C)CNCCn1c(Sc2cc3cc[nH]c3cc2N2CCC2)nc2c(N)ncnc21. The van der Waals surface area contributed by atoms with Crippen molar-refractivity contribution in [1.29, 1.82) is 0 Å². The lowest BCUT2D eigenvalue weighted by atomic mass is 10.1. The molecule has 0 unspecified atom stereocenters. The molecule has 1 aromatic carbocycles. The number of fused-ring (bicyclic) bond motifs is 2. The van der Waals surface area contributed by atoms with Crippen LogP contribution in [-0.2, 0) is 6.54 Å². The third-order valence-electron chi connectivity index (χ3n) is 5.62. The summed E-state index contributed by atoms with van der Waals surface area (Å²) in [4.78, 5) is 20.5. The van der Waals surface area contributed by atoms with E-state index in [-0.39, 0.29) is 0 Å². The normalized spacial score (nSPS) is 14.1. The summed E-state index contributed by atoms with van der Waals surface area (Å²) in [6, 6.07) is 6.61. The van der Waals surface area contributed by atoms with Crippen LogP contribution in [0.4, 0.5) is 11.5 Å². The van der Waals surface area contributed by atoms with Crippen LogP contribution < -0.4 is 16.0 Å². The number of hydrogen-bond donors (Lipinski definition) is 3. The van der Waals surface area contributed by atoms with E-state index >= 15 is 0 Å². The minimum absolute atomic E-state index is 0.421. The van der Waals surface area contributed by atoms with Crippen molar-refractivity contribution in [2.24, 2.45) is 5.92 Å². The van der Waals surface area contributed by atoms with Gasteiger partial charge >= 0.3 is 0 Å². The first-order valence-corrected chi connectivity index (χ1v) is 11.6. The van der Waals surface area contributed by atoms with E-state index in [0.717, 1.165) is 49.0 Å². The molecule has 1 aliphatic rings. The van der Waals surface area contributed by atoms with Gasteiger partial charge in [0.15, 0.2) is 22.1 Å². The zero-order valence-corrected chi connectivity index (χ0v) is 18.7. The maximum absolute atomic E-state index is 6.13. The Morgan fingerprint density at radius 2 is 2.13 bits per heavy atom. The second-order valence-corrected chi connectivity index (χ2v) is 9.41. The molecule has 0 saturated carbocycles. The predicted octanol–water partition coefficient (Wildman–Crippen LogP) is 3.50. The number of benzene rings is 1. The predicted molar refractivity (Wildman–Crippen MR) is 127 cm³/mol. The zero-order valence-electron chi connectivity index (χ0n) is 17.9. The lowest BCUT2D eigenvalue weighted by Gasteiger charge is -2.34. The number of nitrogens with two attached hydrogens (primary N) is 1. The summed E-state index contributed by atoms with van der Waals surface area (Å²) in [5.41, 5.74) is 10.00. The van der Waals surface area contributed by atoms with Gasteiger partial charge in [-0.1, -0.05) is 13.8 Å². The minimum Gasteiger partial charge on any atom is -0.382 e. The largest absolute Gasteiger partial charge is 0.382 e. The fraction of sp³-hybridized carbons (Fsp3) is 0.409. The number of anilines is 2. The highest BCUT2D eigenvalue weighted by atomic mass is 32.2. The van der Waals surface area contributed by atoms with Crippen LogP contribution in [0.25, 0.3) is 22.1 Å². The summed E-state index contributed by atoms with van der Waals surface area (Å²) < 4.78 is 2.16. The standard InChI is InChI=1S/C22H28N8S/c1-14(2)12-24-6-9-30-21-19(20(23)26-13-27-21)28-22(30)31-18-10-15-4-5-25-16(15)11-17(18)29-7-3-8-29/h4-5,10-11,13-14,24-25H,3,6-9,12H2,1-2H3,(H2,23,26,27). The molecule has 0 amide bonds. The average Bonchev–Trinajstić information content (AvgIpc) is 3.29. The van der Waals surface area contributed by atoms with Crippen LogP contribution in [0.2, 0.25) is 0 Å². The number of imidazole rings is 1. The smallest absolute Gasteiger partial charge is 0.175 e. The van der Waals surface area contributed by atoms with Crippen LogP contribution in [0.3, 0.4) is 0 Å². The lowest BCUT2D eigenvalue weighted by molar-refractivity contribution is 0.516. The topological polar surface area (TPSA) is 101 Å². The number of hydrogen-bond acceptors (Lipinski definition) is 7. The van der Waals surface area contributed by atoms with Gasteiger partial charge in [0, 0.05) is 48.2 Å². The molecule has 1 saturated heterocycles. The molecule has 1 aliphatic heterocycles. The van der Waals surface area contributed by atoms with E-state index in [2.05, 4.69) is 61.8 Å². The van der Waals surface area contributed by atoms with Gasteiger partial charge in [0.25, 0.3) is 0 Å². The van der Waals surface area contributed by atoms with Gasteiger partial charge < -0.3 is 25.5 Å². The van der Waals surface area contributed by atoms with Gasteiger partial charge in [-0.2, -0.15) is 0 Å². The number of rotatable bonds is 8. The number of nitrogens with one attached hydrogen (secondary N) is 2. The highest BCUT2D eigenvalue weighted by Crippen LogP contribution is 2.40. The van der Waals surface area contributed by atoms with Crippen LogP contribution in [0.15, 0.2) is 40.8 Å². The van der Waals surface area contributed by atoms with Crippen LogP contribution in [0.5, 0.6) is 0 Å². The first-order valence-electron chi connectivity index (χ1n) is 10.8. The molecule has 1 fully saturated rings. The lowest BCUT2D eigenvalue weighted by Crippen LogP contribution is -2.37. The molecule has 4 heterocycles. The van der Waals surface area contributed by atoms with E-state index < -0.39 is 0 Å². The number of aromatic amines is 1. The van der Waals surface area contributed by atoms with Crippen LogP contribution >= 0.6 is 11.8 Å². The van der Waals surface area contributed by atoms with Crippen molar-refractivity contribution in [3.05, 3.63) is 30.7 Å². The summed E-state index contributed by atoms with van der Waals surface area (Å²) >= 11 is 1.68. The maximum atomic E-state index is 6.13. The van der Waals surface area contributed by atoms with E-state index in [4.69, 9.17) is 10.7 Å². The van der Waals surface area contributed by atoms with E-state index in [1.54, 1.807) is 11.8 Å². The Bertz CT molecular complexity index is 1210. The van der Waals surface area contributed by atoms with Gasteiger partial charge in [-0.25, -0.2) is 15.0 Å². The molecule has 0 radical (unpaired) electrons. The summed E-state index contributed by atoms with van der Waals surface area (Å²) in [5.74, 6) is 1.03. The van der Waals surface area contributed by atoms with E-state index in [0.29, 0.717) is 17.3 Å². The molecule has 8 nitrogen and oxygen atoms in total. The fourth-order valence-electron chi connectivity index (χ4n) is 3.85. The van der Waals surface area contributed by atoms with Gasteiger partial charge in [-0.15, -0.1) is 0 Å². The second kappa shape index (κ2) is 8.39. The first kappa shape index (κ1) is 20.1. The molecular weight excluding hydrogens is 408 g/mol. The highest BCUT2D eigenvalue weighted by Gasteiger charge is 2.22. The van der Waals surface area contributed by atoms with Gasteiger partial charge in [-0.3, -0.25) is 0 Å². The Morgan fingerprint density at radius 1 is 1.26 bits per heavy atom. The zero-order chi connectivity index (χ0) is 21.4. The van der Waals surface area contributed by atoms with Crippen molar-refractivity contribution in [2.45, 2.75) is 36.9 Å². The summed E-state index contributed by atoms with van der Waals surface area (Å²) in [7, 11) is 0.